The van der Waals surface area contributed by atoms with Crippen LogP contribution in [-0.4, -0.2) is 4.98 Å². The summed E-state index contributed by atoms with van der Waals surface area (Å²) >= 11 is 0. The van der Waals surface area contributed by atoms with Gasteiger partial charge in [-0.05, 0) is 44.1 Å². The van der Waals surface area contributed by atoms with Gasteiger partial charge in [-0.2, -0.15) is 0 Å². The fourth-order valence-corrected chi connectivity index (χ4v) is 1.19. The lowest BCUT2D eigenvalue weighted by Gasteiger charge is -1.92. The predicted molar refractivity (Wildman–Crippen MR) is 76.8 cm³/mol. The molecule has 0 unspecified atom stereocenters. The molecule has 0 saturated heterocycles. The Labute approximate surface area is 101 Å². The third-order valence-corrected chi connectivity index (χ3v) is 1.88. The second-order valence-electron chi connectivity index (χ2n) is 3.14. The number of allylic oxidation sites excluding steroid dienone is 2. The molecule has 0 aromatic carbocycles. The molecular weight excluding hydrogens is 194 g/mol. The molecule has 1 rings (SSSR count). The minimum Gasteiger partial charge on any atom is -0.359 e. The van der Waals surface area contributed by atoms with E-state index in [0.717, 1.165) is 0 Å². The molecule has 0 fully saturated rings. The first-order chi connectivity index (χ1) is 7.63. The van der Waals surface area contributed by atoms with Crippen molar-refractivity contribution >= 4 is 6.08 Å². The molecule has 1 aromatic rings. The number of aryl methyl sites for hydroxylation is 2. The van der Waals surface area contributed by atoms with Crippen molar-refractivity contribution in [2.45, 2.75) is 48.5 Å². The molecule has 0 aliphatic heterocycles. The Kier molecular flexibility index (Phi) is 11.0. The zero-order chi connectivity index (χ0) is 13.1. The van der Waals surface area contributed by atoms with Crippen molar-refractivity contribution in [2.75, 3.05) is 0 Å². The second-order valence-corrected chi connectivity index (χ2v) is 3.14. The maximum Gasteiger partial charge on any atom is 0.0414 e. The van der Waals surface area contributed by atoms with Crippen molar-refractivity contribution in [1.82, 2.24) is 4.98 Å². The van der Waals surface area contributed by atoms with Crippen molar-refractivity contribution in [3.05, 3.63) is 41.2 Å². The third kappa shape index (κ3) is 6.28. The Morgan fingerprint density at radius 1 is 1.19 bits per heavy atom. The smallest absolute Gasteiger partial charge is 0.0414 e. The van der Waals surface area contributed by atoms with E-state index in [-0.39, 0.29) is 0 Å². The van der Waals surface area contributed by atoms with Crippen molar-refractivity contribution in [3.8, 4) is 0 Å². The molecule has 0 atom stereocenters. The molecule has 1 heteroatoms. The SMILES string of the molecule is C=C/C(C)=C\c1[nH]c(C)cc1C.CC.CC. The summed E-state index contributed by atoms with van der Waals surface area (Å²) in [7, 11) is 0. The van der Waals surface area contributed by atoms with Gasteiger partial charge in [0, 0.05) is 11.4 Å². The van der Waals surface area contributed by atoms with Gasteiger partial charge in [-0.3, -0.25) is 0 Å². The Morgan fingerprint density at radius 3 is 2.00 bits per heavy atom. The zero-order valence-electron chi connectivity index (χ0n) is 11.9. The van der Waals surface area contributed by atoms with Gasteiger partial charge in [0.2, 0.25) is 0 Å². The van der Waals surface area contributed by atoms with Crippen LogP contribution in [0.1, 0.15) is 51.6 Å². The maximum absolute atomic E-state index is 3.71. The minimum absolute atomic E-state index is 1.18. The molecule has 1 heterocycles. The summed E-state index contributed by atoms with van der Waals surface area (Å²) < 4.78 is 0. The van der Waals surface area contributed by atoms with E-state index in [2.05, 4.69) is 37.6 Å². The quantitative estimate of drug-likeness (QED) is 0.654. The molecule has 1 nitrogen and oxygen atoms in total. The van der Waals surface area contributed by atoms with E-state index in [9.17, 15) is 0 Å². The first kappa shape index (κ1) is 17.2. The molecule has 0 radical (unpaired) electrons. The molecule has 1 N–H and O–H groups in total. The number of nitrogens with one attached hydrogen (secondary N) is 1. The molecule has 0 bridgehead atoms. The van der Waals surface area contributed by atoms with Crippen LogP contribution >= 0.6 is 0 Å². The monoisotopic (exact) mass is 221 g/mol. The second kappa shape index (κ2) is 10.3. The summed E-state index contributed by atoms with van der Waals surface area (Å²) in [4.78, 5) is 3.29. The highest BCUT2D eigenvalue weighted by atomic mass is 14.7. The van der Waals surface area contributed by atoms with Gasteiger partial charge in [-0.15, -0.1) is 0 Å². The lowest BCUT2D eigenvalue weighted by Crippen LogP contribution is -1.77. The molecule has 1 aromatic heterocycles. The maximum atomic E-state index is 3.71. The average molecular weight is 221 g/mol. The molecule has 16 heavy (non-hydrogen) atoms. The number of aromatic amines is 1. The summed E-state index contributed by atoms with van der Waals surface area (Å²) in [5.74, 6) is 0. The van der Waals surface area contributed by atoms with Crippen LogP contribution in [0.2, 0.25) is 0 Å². The lowest BCUT2D eigenvalue weighted by molar-refractivity contribution is 1.24. The lowest BCUT2D eigenvalue weighted by atomic mass is 10.2. The summed E-state index contributed by atoms with van der Waals surface area (Å²) in [6.45, 7) is 17.9. The minimum atomic E-state index is 1.18. The van der Waals surface area contributed by atoms with E-state index in [1.807, 2.05) is 40.7 Å². The molecule has 0 aliphatic rings. The first-order valence-corrected chi connectivity index (χ1v) is 6.10. The van der Waals surface area contributed by atoms with Crippen molar-refractivity contribution in [1.29, 1.82) is 0 Å². The van der Waals surface area contributed by atoms with Gasteiger partial charge in [0.1, 0.15) is 0 Å². The highest BCUT2D eigenvalue weighted by Gasteiger charge is 1.97. The topological polar surface area (TPSA) is 15.8 Å². The van der Waals surface area contributed by atoms with Crippen LogP contribution in [0.5, 0.6) is 0 Å². The Bertz CT molecular complexity index is 316. The fourth-order valence-electron chi connectivity index (χ4n) is 1.19. The van der Waals surface area contributed by atoms with Gasteiger partial charge in [0.25, 0.3) is 0 Å². The van der Waals surface area contributed by atoms with Crippen molar-refractivity contribution in [2.24, 2.45) is 0 Å². The van der Waals surface area contributed by atoms with E-state index >= 15 is 0 Å². The van der Waals surface area contributed by atoms with Gasteiger partial charge in [0.05, 0.1) is 0 Å². The standard InChI is InChI=1S/C11H15N.2C2H6/c1-5-8(2)6-11-9(3)7-10(4)12-11;2*1-2/h5-7,12H,1H2,2-4H3;2*1-2H3/b8-6-;;. The highest BCUT2D eigenvalue weighted by molar-refractivity contribution is 5.55. The van der Waals surface area contributed by atoms with Gasteiger partial charge in [-0.1, -0.05) is 40.3 Å². The van der Waals surface area contributed by atoms with Crippen LogP contribution in [-0.2, 0) is 0 Å². The molecule has 0 amide bonds. The van der Waals surface area contributed by atoms with E-state index in [1.54, 1.807) is 0 Å². The van der Waals surface area contributed by atoms with E-state index in [1.165, 1.54) is 22.5 Å². The van der Waals surface area contributed by atoms with Gasteiger partial charge in [-0.25, -0.2) is 0 Å². The van der Waals surface area contributed by atoms with Crippen LogP contribution in [0.4, 0.5) is 0 Å². The Morgan fingerprint density at radius 2 is 1.69 bits per heavy atom. The van der Waals surface area contributed by atoms with Crippen molar-refractivity contribution < 1.29 is 0 Å². The average Bonchev–Trinajstić information content (AvgIpc) is 2.63. The molecule has 0 saturated carbocycles. The Balaban J connectivity index is 0. The van der Waals surface area contributed by atoms with Crippen LogP contribution in [0.15, 0.2) is 24.3 Å². The van der Waals surface area contributed by atoms with Crippen LogP contribution in [0, 0.1) is 13.8 Å². The number of hydrogen-bond acceptors (Lipinski definition) is 0. The molecule has 92 valence electrons. The van der Waals surface area contributed by atoms with Crippen molar-refractivity contribution in [3.63, 3.8) is 0 Å². The largest absolute Gasteiger partial charge is 0.359 e. The number of rotatable bonds is 2. The fraction of sp³-hybridized carbons (Fsp3) is 0.467. The van der Waals surface area contributed by atoms with Crippen LogP contribution in [0.25, 0.3) is 6.08 Å². The number of aromatic nitrogens is 1. The normalized spacial score (nSPS) is 9.56. The molecule has 0 spiro atoms. The van der Waals surface area contributed by atoms with Gasteiger partial charge >= 0.3 is 0 Å². The predicted octanol–water partition coefficient (Wildman–Crippen LogP) is 5.27. The molecule has 0 aliphatic carbocycles. The zero-order valence-corrected chi connectivity index (χ0v) is 11.9. The van der Waals surface area contributed by atoms with Crippen LogP contribution < -0.4 is 0 Å². The van der Waals surface area contributed by atoms with E-state index in [4.69, 9.17) is 0 Å². The summed E-state index contributed by atoms with van der Waals surface area (Å²) in [5, 5.41) is 0. The van der Waals surface area contributed by atoms with E-state index < -0.39 is 0 Å². The third-order valence-electron chi connectivity index (χ3n) is 1.88. The van der Waals surface area contributed by atoms with Gasteiger partial charge in [0.15, 0.2) is 0 Å². The highest BCUT2D eigenvalue weighted by Crippen LogP contribution is 2.12. The summed E-state index contributed by atoms with van der Waals surface area (Å²) in [5.41, 5.74) is 4.86. The van der Waals surface area contributed by atoms with Gasteiger partial charge < -0.3 is 4.98 Å². The number of H-pyrrole nitrogens is 1. The van der Waals surface area contributed by atoms with Crippen LogP contribution in [0.3, 0.4) is 0 Å². The molecular formula is C15H27N. The van der Waals surface area contributed by atoms with E-state index in [0.29, 0.717) is 0 Å². The summed E-state index contributed by atoms with van der Waals surface area (Å²) in [6, 6.07) is 2.14. The number of hydrogen-bond donors (Lipinski definition) is 1. The Hall–Kier alpha value is -1.24. The summed E-state index contributed by atoms with van der Waals surface area (Å²) in [6.07, 6.45) is 3.96. The first-order valence-electron chi connectivity index (χ1n) is 6.10.